The number of amides is 1. The number of rotatable bonds is 5. The van der Waals surface area contributed by atoms with Gasteiger partial charge < -0.3 is 16.0 Å². The first-order valence-electron chi connectivity index (χ1n) is 7.15. The van der Waals surface area contributed by atoms with Crippen LogP contribution in [0.4, 0.5) is 5.69 Å². The molecule has 1 aromatic rings. The predicted octanol–water partition coefficient (Wildman–Crippen LogP) is 1.99. The van der Waals surface area contributed by atoms with E-state index in [9.17, 15) is 4.79 Å². The van der Waals surface area contributed by atoms with Crippen molar-refractivity contribution in [1.29, 1.82) is 0 Å². The molecule has 104 valence electrons. The van der Waals surface area contributed by atoms with E-state index in [1.165, 1.54) is 19.3 Å². The molecule has 1 fully saturated rings. The number of hydrogen-bond donors (Lipinski definition) is 3. The van der Waals surface area contributed by atoms with Crippen molar-refractivity contribution >= 4 is 11.6 Å². The van der Waals surface area contributed by atoms with E-state index < -0.39 is 0 Å². The van der Waals surface area contributed by atoms with Gasteiger partial charge in [0.05, 0.1) is 0 Å². The maximum Gasteiger partial charge on any atom is 0.251 e. The van der Waals surface area contributed by atoms with Crippen molar-refractivity contribution < 1.29 is 4.79 Å². The van der Waals surface area contributed by atoms with Gasteiger partial charge in [0.2, 0.25) is 0 Å². The van der Waals surface area contributed by atoms with Crippen LogP contribution in [0, 0.1) is 0 Å². The largest absolute Gasteiger partial charge is 0.383 e. The molecule has 1 aliphatic rings. The Kier molecular flexibility index (Phi) is 5.21. The highest BCUT2D eigenvalue weighted by Crippen LogP contribution is 2.12. The molecule has 19 heavy (non-hydrogen) atoms. The summed E-state index contributed by atoms with van der Waals surface area (Å²) >= 11 is 0. The second-order valence-electron chi connectivity index (χ2n) is 4.97. The maximum absolute atomic E-state index is 11.8. The SMILES string of the molecule is CCNC(=O)c1cccc(NCC2CCCCN2)c1. The standard InChI is InChI=1S/C15H23N3O/c1-2-16-15(19)12-6-5-8-13(10-12)18-11-14-7-3-4-9-17-14/h5-6,8,10,14,17-18H,2-4,7,9,11H2,1H3,(H,16,19). The van der Waals surface area contributed by atoms with Crippen molar-refractivity contribution in [3.8, 4) is 0 Å². The molecule has 1 saturated heterocycles. The predicted molar refractivity (Wildman–Crippen MR) is 78.6 cm³/mol. The Morgan fingerprint density at radius 2 is 2.32 bits per heavy atom. The molecule has 1 unspecified atom stereocenters. The molecule has 0 radical (unpaired) electrons. The van der Waals surface area contributed by atoms with Gasteiger partial charge in [0.1, 0.15) is 0 Å². The zero-order valence-electron chi connectivity index (χ0n) is 11.5. The Labute approximate surface area is 115 Å². The second-order valence-corrected chi connectivity index (χ2v) is 4.97. The minimum absolute atomic E-state index is 0.0121. The third-order valence-electron chi connectivity index (χ3n) is 3.43. The summed E-state index contributed by atoms with van der Waals surface area (Å²) in [7, 11) is 0. The molecule has 4 nitrogen and oxygen atoms in total. The maximum atomic E-state index is 11.8. The third-order valence-corrected chi connectivity index (χ3v) is 3.43. The van der Waals surface area contributed by atoms with Gasteiger partial charge in [-0.1, -0.05) is 12.5 Å². The molecule has 0 spiro atoms. The Hall–Kier alpha value is -1.55. The van der Waals surface area contributed by atoms with E-state index in [1.54, 1.807) is 0 Å². The molecule has 0 saturated carbocycles. The minimum atomic E-state index is -0.0121. The molecule has 0 aromatic heterocycles. The highest BCUT2D eigenvalue weighted by molar-refractivity contribution is 5.95. The van der Waals surface area contributed by atoms with Crippen molar-refractivity contribution in [1.82, 2.24) is 10.6 Å². The topological polar surface area (TPSA) is 53.2 Å². The smallest absolute Gasteiger partial charge is 0.251 e. The van der Waals surface area contributed by atoms with Crippen LogP contribution in [0.15, 0.2) is 24.3 Å². The average Bonchev–Trinajstić information content (AvgIpc) is 2.47. The summed E-state index contributed by atoms with van der Waals surface area (Å²) in [4.78, 5) is 11.8. The first kappa shape index (κ1) is 13.9. The molecule has 4 heteroatoms. The Morgan fingerprint density at radius 1 is 1.42 bits per heavy atom. The van der Waals surface area contributed by atoms with Gasteiger partial charge in [0.25, 0.3) is 5.91 Å². The monoisotopic (exact) mass is 261 g/mol. The van der Waals surface area contributed by atoms with Crippen molar-refractivity contribution in [3.63, 3.8) is 0 Å². The third kappa shape index (κ3) is 4.24. The lowest BCUT2D eigenvalue weighted by atomic mass is 10.0. The van der Waals surface area contributed by atoms with Crippen LogP contribution in [0.2, 0.25) is 0 Å². The lowest BCUT2D eigenvalue weighted by molar-refractivity contribution is 0.0956. The van der Waals surface area contributed by atoms with E-state index in [2.05, 4.69) is 16.0 Å². The number of carbonyl (C=O) groups is 1. The highest BCUT2D eigenvalue weighted by Gasteiger charge is 2.12. The number of anilines is 1. The molecule has 0 aliphatic carbocycles. The molecule has 1 heterocycles. The van der Waals surface area contributed by atoms with Crippen LogP contribution >= 0.6 is 0 Å². The normalized spacial score (nSPS) is 18.9. The van der Waals surface area contributed by atoms with Crippen LogP contribution in [-0.4, -0.2) is 31.6 Å². The van der Waals surface area contributed by atoms with E-state index in [0.29, 0.717) is 18.2 Å². The summed E-state index contributed by atoms with van der Waals surface area (Å²) in [5.74, 6) is -0.0121. The van der Waals surface area contributed by atoms with Gasteiger partial charge >= 0.3 is 0 Å². The van der Waals surface area contributed by atoms with Crippen LogP contribution in [-0.2, 0) is 0 Å². The molecular formula is C15H23N3O. The van der Waals surface area contributed by atoms with Crippen LogP contribution in [0.3, 0.4) is 0 Å². The summed E-state index contributed by atoms with van der Waals surface area (Å²) in [6.45, 7) is 4.61. The van der Waals surface area contributed by atoms with E-state index in [1.807, 2.05) is 31.2 Å². The van der Waals surface area contributed by atoms with Gasteiger partial charge in [-0.25, -0.2) is 0 Å². The number of hydrogen-bond acceptors (Lipinski definition) is 3. The fourth-order valence-corrected chi connectivity index (χ4v) is 2.37. The lowest BCUT2D eigenvalue weighted by Gasteiger charge is -2.24. The Morgan fingerprint density at radius 3 is 3.05 bits per heavy atom. The van der Waals surface area contributed by atoms with E-state index in [-0.39, 0.29) is 5.91 Å². The highest BCUT2D eigenvalue weighted by atomic mass is 16.1. The van der Waals surface area contributed by atoms with Crippen LogP contribution in [0.1, 0.15) is 36.5 Å². The van der Waals surface area contributed by atoms with E-state index in [0.717, 1.165) is 18.8 Å². The van der Waals surface area contributed by atoms with E-state index >= 15 is 0 Å². The Bertz CT molecular complexity index is 414. The average molecular weight is 261 g/mol. The first-order valence-corrected chi connectivity index (χ1v) is 7.15. The summed E-state index contributed by atoms with van der Waals surface area (Å²) in [6.07, 6.45) is 3.81. The molecule has 1 atom stereocenters. The molecule has 0 bridgehead atoms. The summed E-state index contributed by atoms with van der Waals surface area (Å²) in [5, 5.41) is 9.73. The molecule has 1 amide bonds. The van der Waals surface area contributed by atoms with Gasteiger partial charge in [-0.2, -0.15) is 0 Å². The van der Waals surface area contributed by atoms with Gasteiger partial charge in [-0.05, 0) is 44.5 Å². The number of nitrogens with one attached hydrogen (secondary N) is 3. The van der Waals surface area contributed by atoms with Crippen LogP contribution < -0.4 is 16.0 Å². The molecule has 2 rings (SSSR count). The fourth-order valence-electron chi connectivity index (χ4n) is 2.37. The molecule has 1 aromatic carbocycles. The van der Waals surface area contributed by atoms with Gasteiger partial charge in [0, 0.05) is 30.4 Å². The molecular weight excluding hydrogens is 238 g/mol. The summed E-state index contributed by atoms with van der Waals surface area (Å²) in [5.41, 5.74) is 1.72. The van der Waals surface area contributed by atoms with Gasteiger partial charge in [0.15, 0.2) is 0 Å². The minimum Gasteiger partial charge on any atom is -0.383 e. The number of carbonyl (C=O) groups excluding carboxylic acids is 1. The zero-order valence-corrected chi connectivity index (χ0v) is 11.5. The van der Waals surface area contributed by atoms with Crippen LogP contribution in [0.25, 0.3) is 0 Å². The molecule has 3 N–H and O–H groups in total. The lowest BCUT2D eigenvalue weighted by Crippen LogP contribution is -2.39. The number of piperidine rings is 1. The fraction of sp³-hybridized carbons (Fsp3) is 0.533. The quantitative estimate of drug-likeness (QED) is 0.760. The Balaban J connectivity index is 1.89. The van der Waals surface area contributed by atoms with Crippen molar-refractivity contribution in [2.45, 2.75) is 32.2 Å². The number of benzene rings is 1. The zero-order chi connectivity index (χ0) is 13.5. The molecule has 1 aliphatic heterocycles. The second kappa shape index (κ2) is 7.14. The van der Waals surface area contributed by atoms with Crippen molar-refractivity contribution in [3.05, 3.63) is 29.8 Å². The van der Waals surface area contributed by atoms with E-state index in [4.69, 9.17) is 0 Å². The van der Waals surface area contributed by atoms with Crippen LogP contribution in [0.5, 0.6) is 0 Å². The van der Waals surface area contributed by atoms with Gasteiger partial charge in [-0.3, -0.25) is 4.79 Å². The first-order chi connectivity index (χ1) is 9.29. The summed E-state index contributed by atoms with van der Waals surface area (Å²) in [6, 6.07) is 8.22. The summed E-state index contributed by atoms with van der Waals surface area (Å²) < 4.78 is 0. The van der Waals surface area contributed by atoms with Crippen molar-refractivity contribution in [2.75, 3.05) is 25.0 Å². The van der Waals surface area contributed by atoms with Gasteiger partial charge in [-0.15, -0.1) is 0 Å². The van der Waals surface area contributed by atoms with Crippen molar-refractivity contribution in [2.24, 2.45) is 0 Å².